The molecule has 1 aromatic carbocycles. The van der Waals surface area contributed by atoms with Crippen LogP contribution in [0.3, 0.4) is 0 Å². The zero-order valence-corrected chi connectivity index (χ0v) is 17.2. The summed E-state index contributed by atoms with van der Waals surface area (Å²) in [4.78, 5) is 9.30. The lowest BCUT2D eigenvalue weighted by molar-refractivity contribution is 0.0531. The van der Waals surface area contributed by atoms with Crippen molar-refractivity contribution < 1.29 is 4.74 Å². The number of aliphatic imine (C=N–C) groups is 1. The van der Waals surface area contributed by atoms with E-state index in [9.17, 15) is 0 Å². The first kappa shape index (κ1) is 20.6. The van der Waals surface area contributed by atoms with E-state index in [2.05, 4.69) is 34.7 Å². The first-order chi connectivity index (χ1) is 13.7. The third-order valence-electron chi connectivity index (χ3n) is 5.17. The predicted molar refractivity (Wildman–Crippen MR) is 115 cm³/mol. The van der Waals surface area contributed by atoms with E-state index >= 15 is 0 Å². The van der Waals surface area contributed by atoms with Gasteiger partial charge in [0.15, 0.2) is 5.96 Å². The van der Waals surface area contributed by atoms with E-state index in [-0.39, 0.29) is 5.41 Å². The number of rotatable bonds is 7. The Hall–Kier alpha value is -2.11. The largest absolute Gasteiger partial charge is 0.381 e. The summed E-state index contributed by atoms with van der Waals surface area (Å²) in [5.41, 5.74) is 2.29. The number of nitrogens with zero attached hydrogens (tertiary/aromatic N) is 2. The number of guanidine groups is 1. The molecule has 2 N–H and O–H groups in total. The molecule has 28 heavy (non-hydrogen) atoms. The average Bonchev–Trinajstić information content (AvgIpc) is 2.73. The lowest BCUT2D eigenvalue weighted by atomic mass is 9.74. The Bertz CT molecular complexity index is 760. The predicted octanol–water partition coefficient (Wildman–Crippen LogP) is 3.58. The van der Waals surface area contributed by atoms with E-state index in [4.69, 9.17) is 21.3 Å². The Labute approximate surface area is 172 Å². The van der Waals surface area contributed by atoms with Gasteiger partial charge in [-0.2, -0.15) is 0 Å². The molecule has 1 aliphatic heterocycles. The number of hydrogen-bond donors (Lipinski definition) is 2. The summed E-state index contributed by atoms with van der Waals surface area (Å²) in [6.45, 7) is 5.91. The molecule has 0 spiro atoms. The van der Waals surface area contributed by atoms with Crippen molar-refractivity contribution in [3.63, 3.8) is 0 Å². The quantitative estimate of drug-likeness (QED) is 0.551. The van der Waals surface area contributed by atoms with Crippen LogP contribution in [0.4, 0.5) is 0 Å². The molecule has 1 fully saturated rings. The Balaban J connectivity index is 1.69. The molecule has 6 heteroatoms. The topological polar surface area (TPSA) is 58.5 Å². The molecule has 1 aromatic heterocycles. The molecule has 5 nitrogen and oxygen atoms in total. The van der Waals surface area contributed by atoms with Crippen LogP contribution in [-0.2, 0) is 16.6 Å². The summed E-state index contributed by atoms with van der Waals surface area (Å²) in [6.07, 6.45) is 4.58. The van der Waals surface area contributed by atoms with Crippen molar-refractivity contribution in [2.24, 2.45) is 4.99 Å². The van der Waals surface area contributed by atoms with Crippen LogP contribution >= 0.6 is 11.6 Å². The SMILES string of the molecule is CCNC(=NCC1(c2cccc(Cl)c2)CCOCC1)NCCc1ccccn1. The zero-order valence-electron chi connectivity index (χ0n) is 16.5. The molecular formula is C22H29ClN4O. The summed E-state index contributed by atoms with van der Waals surface area (Å²) in [6, 6.07) is 14.2. The van der Waals surface area contributed by atoms with Gasteiger partial charge >= 0.3 is 0 Å². The van der Waals surface area contributed by atoms with Crippen molar-refractivity contribution >= 4 is 17.6 Å². The fourth-order valence-corrected chi connectivity index (χ4v) is 3.74. The third kappa shape index (κ3) is 5.69. The third-order valence-corrected chi connectivity index (χ3v) is 5.41. The van der Waals surface area contributed by atoms with Crippen LogP contribution in [0.25, 0.3) is 0 Å². The molecule has 2 aromatic rings. The lowest BCUT2D eigenvalue weighted by Gasteiger charge is -2.36. The monoisotopic (exact) mass is 400 g/mol. The highest BCUT2D eigenvalue weighted by Crippen LogP contribution is 2.36. The van der Waals surface area contributed by atoms with Crippen molar-refractivity contribution in [2.75, 3.05) is 32.8 Å². The molecule has 0 amide bonds. The summed E-state index contributed by atoms with van der Waals surface area (Å²) in [5.74, 6) is 0.839. The minimum Gasteiger partial charge on any atom is -0.381 e. The first-order valence-electron chi connectivity index (χ1n) is 9.98. The van der Waals surface area contributed by atoms with Crippen molar-refractivity contribution in [3.8, 4) is 0 Å². The first-order valence-corrected chi connectivity index (χ1v) is 10.4. The average molecular weight is 401 g/mol. The highest BCUT2D eigenvalue weighted by molar-refractivity contribution is 6.30. The second-order valence-electron chi connectivity index (χ2n) is 7.10. The molecule has 0 bridgehead atoms. The van der Waals surface area contributed by atoms with Gasteiger partial charge in [0, 0.05) is 55.1 Å². The maximum atomic E-state index is 6.27. The second-order valence-corrected chi connectivity index (χ2v) is 7.53. The fourth-order valence-electron chi connectivity index (χ4n) is 3.55. The van der Waals surface area contributed by atoms with Gasteiger partial charge in [-0.25, -0.2) is 0 Å². The van der Waals surface area contributed by atoms with Crippen LogP contribution in [0.2, 0.25) is 5.02 Å². The number of aromatic nitrogens is 1. The summed E-state index contributed by atoms with van der Waals surface area (Å²) in [5, 5.41) is 7.55. The number of halogens is 1. The highest BCUT2D eigenvalue weighted by Gasteiger charge is 2.34. The van der Waals surface area contributed by atoms with Gasteiger partial charge in [-0.1, -0.05) is 29.8 Å². The van der Waals surface area contributed by atoms with E-state index in [0.717, 1.165) is 62.2 Å². The van der Waals surface area contributed by atoms with Gasteiger partial charge in [-0.15, -0.1) is 0 Å². The number of benzene rings is 1. The van der Waals surface area contributed by atoms with Crippen LogP contribution in [0.1, 0.15) is 31.0 Å². The van der Waals surface area contributed by atoms with Gasteiger partial charge < -0.3 is 15.4 Å². The van der Waals surface area contributed by atoms with E-state index in [0.29, 0.717) is 6.54 Å². The van der Waals surface area contributed by atoms with Crippen molar-refractivity contribution in [2.45, 2.75) is 31.6 Å². The van der Waals surface area contributed by atoms with Crippen molar-refractivity contribution in [1.82, 2.24) is 15.6 Å². The Morgan fingerprint density at radius 3 is 2.75 bits per heavy atom. The summed E-state index contributed by atoms with van der Waals surface area (Å²) >= 11 is 6.27. The molecule has 2 heterocycles. The highest BCUT2D eigenvalue weighted by atomic mass is 35.5. The molecule has 0 aliphatic carbocycles. The second kappa shape index (κ2) is 10.4. The Kier molecular flexibility index (Phi) is 7.69. The number of nitrogens with one attached hydrogen (secondary N) is 2. The van der Waals surface area contributed by atoms with Gasteiger partial charge in [0.2, 0.25) is 0 Å². The standard InChI is InChI=1S/C22H29ClN4O/c1-2-24-21(26-13-9-20-8-3-4-12-25-20)27-17-22(10-14-28-15-11-22)18-6-5-7-19(23)16-18/h3-8,12,16H,2,9-11,13-15,17H2,1H3,(H2,24,26,27). The van der Waals surface area contributed by atoms with Crippen LogP contribution in [0, 0.1) is 0 Å². The molecular weight excluding hydrogens is 372 g/mol. The number of hydrogen-bond acceptors (Lipinski definition) is 3. The van der Waals surface area contributed by atoms with Gasteiger partial charge in [0.25, 0.3) is 0 Å². The molecule has 0 atom stereocenters. The van der Waals surface area contributed by atoms with E-state index in [1.165, 1.54) is 5.56 Å². The minimum atomic E-state index is -0.0352. The fraction of sp³-hybridized carbons (Fsp3) is 0.455. The van der Waals surface area contributed by atoms with Gasteiger partial charge in [-0.3, -0.25) is 9.98 Å². The van der Waals surface area contributed by atoms with Gasteiger partial charge in [0.05, 0.1) is 6.54 Å². The Morgan fingerprint density at radius 2 is 2.04 bits per heavy atom. The molecule has 150 valence electrons. The van der Waals surface area contributed by atoms with Gasteiger partial charge in [-0.05, 0) is 49.6 Å². The van der Waals surface area contributed by atoms with E-state index < -0.39 is 0 Å². The van der Waals surface area contributed by atoms with Crippen LogP contribution in [0.5, 0.6) is 0 Å². The van der Waals surface area contributed by atoms with Crippen LogP contribution < -0.4 is 10.6 Å². The van der Waals surface area contributed by atoms with Crippen molar-refractivity contribution in [3.05, 3.63) is 64.9 Å². The maximum Gasteiger partial charge on any atom is 0.191 e. The van der Waals surface area contributed by atoms with Gasteiger partial charge in [0.1, 0.15) is 0 Å². The summed E-state index contributed by atoms with van der Waals surface area (Å²) < 4.78 is 5.63. The zero-order chi connectivity index (χ0) is 19.7. The van der Waals surface area contributed by atoms with Crippen LogP contribution in [0.15, 0.2) is 53.7 Å². The molecule has 1 saturated heterocycles. The number of pyridine rings is 1. The molecule has 0 unspecified atom stereocenters. The van der Waals surface area contributed by atoms with Crippen molar-refractivity contribution in [1.29, 1.82) is 0 Å². The minimum absolute atomic E-state index is 0.0352. The normalized spacial score (nSPS) is 16.6. The number of ether oxygens (including phenoxy) is 1. The lowest BCUT2D eigenvalue weighted by Crippen LogP contribution is -2.41. The Morgan fingerprint density at radius 1 is 1.18 bits per heavy atom. The molecule has 0 saturated carbocycles. The van der Waals surface area contributed by atoms with E-state index in [1.54, 1.807) is 0 Å². The molecule has 1 aliphatic rings. The van der Waals surface area contributed by atoms with Crippen LogP contribution in [-0.4, -0.2) is 43.8 Å². The molecule has 0 radical (unpaired) electrons. The van der Waals surface area contributed by atoms with E-state index in [1.807, 2.05) is 36.5 Å². The smallest absolute Gasteiger partial charge is 0.191 e. The maximum absolute atomic E-state index is 6.27. The summed E-state index contributed by atoms with van der Waals surface area (Å²) in [7, 11) is 0. The molecule has 3 rings (SSSR count).